The van der Waals surface area contributed by atoms with E-state index in [-0.39, 0.29) is 5.92 Å². The molecule has 1 atom stereocenters. The molecule has 0 N–H and O–H groups in total. The third-order valence-corrected chi connectivity index (χ3v) is 13.2. The number of nitrogens with zero attached hydrogens (tertiary/aromatic N) is 4. The van der Waals surface area contributed by atoms with Gasteiger partial charge in [0.05, 0.1) is 39.2 Å². The van der Waals surface area contributed by atoms with Crippen LogP contribution in [0.5, 0.6) is 0 Å². The molecule has 0 aliphatic carbocycles. The summed E-state index contributed by atoms with van der Waals surface area (Å²) in [5, 5.41) is 9.29. The first-order valence-electron chi connectivity index (χ1n) is 22.0. The molecule has 64 heavy (non-hydrogen) atoms. The van der Waals surface area contributed by atoms with Gasteiger partial charge in [0.25, 0.3) is 0 Å². The summed E-state index contributed by atoms with van der Waals surface area (Å²) in [4.78, 5) is 11.4. The molecule has 0 spiro atoms. The van der Waals surface area contributed by atoms with E-state index in [1.807, 2.05) is 6.07 Å². The molecule has 1 aliphatic heterocycles. The monoisotopic (exact) mass is 820 g/mol. The molecule has 302 valence electrons. The fourth-order valence-electron chi connectivity index (χ4n) is 10.1. The van der Waals surface area contributed by atoms with E-state index in [1.165, 1.54) is 32.7 Å². The molecule has 0 fully saturated rings. The lowest BCUT2D eigenvalue weighted by Gasteiger charge is -2.21. The van der Waals surface area contributed by atoms with E-state index in [4.69, 9.17) is 14.4 Å². The summed E-state index contributed by atoms with van der Waals surface area (Å²) in [5.41, 5.74) is 13.4. The van der Waals surface area contributed by atoms with Crippen molar-refractivity contribution in [3.05, 3.63) is 217 Å². The molecule has 0 saturated carbocycles. The number of hydrogen-bond donors (Lipinski definition) is 0. The molecule has 9 aromatic carbocycles. The first-order valence-corrected chi connectivity index (χ1v) is 22.0. The topological polar surface area (TPSA) is 47.7 Å². The number of hydrogen-bond acceptors (Lipinski definition) is 3. The Hall–Kier alpha value is -8.28. The van der Waals surface area contributed by atoms with Crippen LogP contribution in [0, 0.1) is 5.92 Å². The standard InChI is InChI=1S/C59H40N4O/c1-37-27-32-50(40-30-28-39(29-31-40)38-15-3-2-4-16-38)60-59(63-52-24-12-7-19-44(52)45-20-8-13-25-53(45)63)61-58(37)49-35-43(36-56-57(49)47-22-10-14-26-55(47)64-56)62-51-23-11-9-21-46(51)48-33-41-17-5-6-18-42(41)34-54(48)62/h2-26,28-37H,27H2,1H3/b50-32+,60-59?,61-58?. The van der Waals surface area contributed by atoms with E-state index in [9.17, 15) is 0 Å². The predicted molar refractivity (Wildman–Crippen MR) is 268 cm³/mol. The van der Waals surface area contributed by atoms with Gasteiger partial charge in [-0.05, 0) is 76.3 Å². The van der Waals surface area contributed by atoms with Crippen LogP contribution in [0.25, 0.3) is 98.8 Å². The molecule has 3 aromatic heterocycles. The second-order valence-corrected chi connectivity index (χ2v) is 17.0. The molecule has 1 unspecified atom stereocenters. The van der Waals surface area contributed by atoms with E-state index >= 15 is 0 Å². The highest BCUT2D eigenvalue weighted by atomic mass is 16.3. The Kier molecular flexibility index (Phi) is 8.19. The molecular weight excluding hydrogens is 781 g/mol. The van der Waals surface area contributed by atoms with Crippen molar-refractivity contribution in [2.24, 2.45) is 15.9 Å². The van der Waals surface area contributed by atoms with E-state index in [1.54, 1.807) is 0 Å². The number of allylic oxidation sites excluding steroid dienone is 1. The van der Waals surface area contributed by atoms with Crippen molar-refractivity contribution in [1.29, 1.82) is 0 Å². The predicted octanol–water partition coefficient (Wildman–Crippen LogP) is 15.4. The number of aromatic nitrogens is 2. The van der Waals surface area contributed by atoms with Crippen LogP contribution in [0.4, 0.5) is 0 Å². The van der Waals surface area contributed by atoms with Crippen LogP contribution < -0.4 is 0 Å². The second-order valence-electron chi connectivity index (χ2n) is 17.0. The van der Waals surface area contributed by atoms with Crippen molar-refractivity contribution in [3.63, 3.8) is 0 Å². The molecule has 0 amide bonds. The zero-order valence-electron chi connectivity index (χ0n) is 35.1. The van der Waals surface area contributed by atoms with Crippen LogP contribution in [0.3, 0.4) is 0 Å². The van der Waals surface area contributed by atoms with Gasteiger partial charge in [-0.3, -0.25) is 4.57 Å². The average molecular weight is 821 g/mol. The minimum atomic E-state index is 0.00592. The molecular formula is C59H40N4O. The Labute approximate surface area is 369 Å². The Bertz CT molecular complexity index is 3880. The fourth-order valence-corrected chi connectivity index (χ4v) is 10.1. The molecule has 5 nitrogen and oxygen atoms in total. The van der Waals surface area contributed by atoms with Crippen LogP contribution in [-0.4, -0.2) is 20.8 Å². The fraction of sp³-hybridized carbons (Fsp3) is 0.0508. The van der Waals surface area contributed by atoms with Gasteiger partial charge in [0, 0.05) is 49.9 Å². The van der Waals surface area contributed by atoms with Crippen molar-refractivity contribution in [2.75, 3.05) is 0 Å². The maximum absolute atomic E-state index is 6.82. The van der Waals surface area contributed by atoms with E-state index < -0.39 is 0 Å². The molecule has 1 aliphatic rings. The normalized spacial score (nSPS) is 15.5. The minimum Gasteiger partial charge on any atom is -0.456 e. The van der Waals surface area contributed by atoms with Crippen LogP contribution in [0.2, 0.25) is 0 Å². The largest absolute Gasteiger partial charge is 0.456 e. The van der Waals surface area contributed by atoms with Crippen molar-refractivity contribution in [3.8, 4) is 16.8 Å². The van der Waals surface area contributed by atoms with Gasteiger partial charge in [0.15, 0.2) is 0 Å². The van der Waals surface area contributed by atoms with Crippen molar-refractivity contribution in [2.45, 2.75) is 13.3 Å². The SMILES string of the molecule is CC1C/C=C(\c2ccc(-c3ccccc3)cc2)N=C(n2c3ccccc3c3ccccc32)N=C1c1cc(-n2c3ccccc3c3cc4ccccc4cc32)cc2oc3ccccc3c12. The van der Waals surface area contributed by atoms with Gasteiger partial charge < -0.3 is 8.98 Å². The highest BCUT2D eigenvalue weighted by Gasteiger charge is 2.26. The van der Waals surface area contributed by atoms with Gasteiger partial charge in [0.1, 0.15) is 11.2 Å². The van der Waals surface area contributed by atoms with Gasteiger partial charge in [-0.25, -0.2) is 9.98 Å². The highest BCUT2D eigenvalue weighted by molar-refractivity contribution is 6.24. The Morgan fingerprint density at radius 1 is 0.453 bits per heavy atom. The maximum atomic E-state index is 6.82. The first-order chi connectivity index (χ1) is 31.6. The Balaban J connectivity index is 1.09. The third kappa shape index (κ3) is 5.71. The second kappa shape index (κ2) is 14.4. The van der Waals surface area contributed by atoms with Crippen molar-refractivity contribution in [1.82, 2.24) is 9.13 Å². The molecule has 5 heteroatoms. The summed E-state index contributed by atoms with van der Waals surface area (Å²) in [5.74, 6) is 0.624. The van der Waals surface area contributed by atoms with Gasteiger partial charge in [-0.2, -0.15) is 0 Å². The van der Waals surface area contributed by atoms with E-state index in [2.05, 4.69) is 216 Å². The van der Waals surface area contributed by atoms with Crippen molar-refractivity contribution < 1.29 is 4.42 Å². The summed E-state index contributed by atoms with van der Waals surface area (Å²) < 4.78 is 11.5. The zero-order valence-corrected chi connectivity index (χ0v) is 35.1. The van der Waals surface area contributed by atoms with E-state index in [0.717, 1.165) is 89.4 Å². The lowest BCUT2D eigenvalue weighted by atomic mass is 9.90. The summed E-state index contributed by atoms with van der Waals surface area (Å²) in [6.45, 7) is 2.30. The van der Waals surface area contributed by atoms with Crippen molar-refractivity contribution >= 4 is 93.7 Å². The lowest BCUT2D eigenvalue weighted by molar-refractivity contribution is 0.668. The number of aliphatic imine (C=N–C) groups is 2. The average Bonchev–Trinajstić information content (AvgIpc) is 4.00. The van der Waals surface area contributed by atoms with Crippen LogP contribution in [0.15, 0.2) is 221 Å². The number of furan rings is 1. The lowest BCUT2D eigenvalue weighted by Crippen LogP contribution is -2.20. The molecule has 0 radical (unpaired) electrons. The minimum absolute atomic E-state index is 0.00592. The van der Waals surface area contributed by atoms with Gasteiger partial charge in [-0.1, -0.05) is 165 Å². The van der Waals surface area contributed by atoms with Gasteiger partial charge in [0.2, 0.25) is 5.96 Å². The first kappa shape index (κ1) is 36.4. The number of benzene rings is 9. The van der Waals surface area contributed by atoms with Crippen LogP contribution in [-0.2, 0) is 0 Å². The quantitative estimate of drug-likeness (QED) is 0.174. The summed E-state index contributed by atoms with van der Waals surface area (Å²) in [7, 11) is 0. The van der Waals surface area contributed by atoms with Crippen LogP contribution in [0.1, 0.15) is 24.5 Å². The molecule has 4 heterocycles. The van der Waals surface area contributed by atoms with E-state index in [0.29, 0.717) is 5.96 Å². The molecule has 0 saturated heterocycles. The summed E-state index contributed by atoms with van der Waals surface area (Å²) in [6.07, 6.45) is 3.04. The summed E-state index contributed by atoms with van der Waals surface area (Å²) in [6, 6.07) is 71.4. The molecule has 12 aromatic rings. The zero-order chi connectivity index (χ0) is 42.3. The number of fused-ring (bicyclic) bond motifs is 10. The third-order valence-electron chi connectivity index (χ3n) is 13.2. The highest BCUT2D eigenvalue weighted by Crippen LogP contribution is 2.40. The van der Waals surface area contributed by atoms with Gasteiger partial charge >= 0.3 is 0 Å². The maximum Gasteiger partial charge on any atom is 0.235 e. The smallest absolute Gasteiger partial charge is 0.235 e. The van der Waals surface area contributed by atoms with Crippen LogP contribution >= 0.6 is 0 Å². The number of para-hydroxylation sites is 4. The number of rotatable bonds is 4. The summed E-state index contributed by atoms with van der Waals surface area (Å²) >= 11 is 0. The Morgan fingerprint density at radius 2 is 1.02 bits per heavy atom. The molecule has 13 rings (SSSR count). The Morgan fingerprint density at radius 3 is 1.73 bits per heavy atom. The molecule has 0 bridgehead atoms. The van der Waals surface area contributed by atoms with Gasteiger partial charge in [-0.15, -0.1) is 0 Å².